The van der Waals surface area contributed by atoms with Crippen LogP contribution in [-0.4, -0.2) is 8.07 Å². The monoisotopic (exact) mass is 265 g/mol. The Bertz CT molecular complexity index is 625. The summed E-state index contributed by atoms with van der Waals surface area (Å²) in [5.74, 6) is 3.26. The van der Waals surface area contributed by atoms with Crippen molar-refractivity contribution in [3.05, 3.63) is 54.1 Å². The van der Waals surface area contributed by atoms with Crippen molar-refractivity contribution in [2.45, 2.75) is 19.6 Å². The predicted octanol–water partition coefficient (Wildman–Crippen LogP) is 4.16. The van der Waals surface area contributed by atoms with E-state index in [1.54, 1.807) is 0 Å². The average Bonchev–Trinajstić information content (AvgIpc) is 2.37. The number of nitrogen functional groups attached to an aromatic ring is 1. The van der Waals surface area contributed by atoms with Crippen LogP contribution >= 0.6 is 0 Å². The molecule has 2 aromatic carbocycles. The second-order valence-corrected chi connectivity index (χ2v) is 10.4. The Kier molecular flexibility index (Phi) is 3.78. The van der Waals surface area contributed by atoms with Crippen LogP contribution in [0.2, 0.25) is 19.6 Å². The van der Waals surface area contributed by atoms with E-state index in [1.807, 2.05) is 24.3 Å². The van der Waals surface area contributed by atoms with Crippen LogP contribution in [0, 0.1) is 11.5 Å². The summed E-state index contributed by atoms with van der Waals surface area (Å²) in [5.41, 5.74) is 13.4. The molecule has 0 aliphatic carbocycles. The molecule has 0 heterocycles. The lowest BCUT2D eigenvalue weighted by Gasteiger charge is -2.06. The van der Waals surface area contributed by atoms with Gasteiger partial charge in [-0.05, 0) is 23.8 Å². The Hall–Kier alpha value is -1.98. The highest BCUT2D eigenvalue weighted by molar-refractivity contribution is 6.83. The maximum absolute atomic E-state index is 5.98. The predicted molar refractivity (Wildman–Crippen MR) is 86.5 cm³/mol. The largest absolute Gasteiger partial charge is 0.398 e. The van der Waals surface area contributed by atoms with Gasteiger partial charge in [0.05, 0.1) is 0 Å². The number of anilines is 1. The SMILES string of the molecule is C[Si](C)(C)C#Cc1ccc(-c2ccccc2N)cc1. The highest BCUT2D eigenvalue weighted by Gasteiger charge is 2.07. The smallest absolute Gasteiger partial charge is 0.129 e. The summed E-state index contributed by atoms with van der Waals surface area (Å²) in [5, 5.41) is 0. The van der Waals surface area contributed by atoms with Gasteiger partial charge in [-0.2, -0.15) is 0 Å². The van der Waals surface area contributed by atoms with E-state index < -0.39 is 8.07 Å². The van der Waals surface area contributed by atoms with Gasteiger partial charge in [0.2, 0.25) is 0 Å². The normalized spacial score (nSPS) is 10.7. The molecule has 2 heteroatoms. The van der Waals surface area contributed by atoms with Crippen LogP contribution in [-0.2, 0) is 0 Å². The number of para-hydroxylation sites is 1. The lowest BCUT2D eigenvalue weighted by molar-refractivity contribution is 1.59. The molecule has 0 atom stereocenters. The standard InChI is InChI=1S/C17H19NSi/c1-19(2,3)13-12-14-8-10-15(11-9-14)16-6-4-5-7-17(16)18/h4-11H,18H2,1-3H3. The molecule has 0 unspecified atom stereocenters. The molecule has 0 fully saturated rings. The Morgan fingerprint density at radius 2 is 1.53 bits per heavy atom. The minimum Gasteiger partial charge on any atom is -0.398 e. The van der Waals surface area contributed by atoms with Crippen molar-refractivity contribution in [3.8, 4) is 22.6 Å². The molecule has 2 rings (SSSR count). The van der Waals surface area contributed by atoms with Gasteiger partial charge in [-0.1, -0.05) is 55.9 Å². The third-order valence-electron chi connectivity index (χ3n) is 2.74. The van der Waals surface area contributed by atoms with E-state index >= 15 is 0 Å². The first kappa shape index (κ1) is 13.4. The summed E-state index contributed by atoms with van der Waals surface area (Å²) in [6.07, 6.45) is 0. The molecule has 19 heavy (non-hydrogen) atoms. The number of rotatable bonds is 1. The van der Waals surface area contributed by atoms with Crippen molar-refractivity contribution < 1.29 is 0 Å². The van der Waals surface area contributed by atoms with E-state index in [4.69, 9.17) is 5.73 Å². The quantitative estimate of drug-likeness (QED) is 0.467. The van der Waals surface area contributed by atoms with Gasteiger partial charge < -0.3 is 5.73 Å². The molecule has 2 aromatic rings. The first-order valence-electron chi connectivity index (χ1n) is 6.44. The van der Waals surface area contributed by atoms with Crippen LogP contribution in [0.1, 0.15) is 5.56 Å². The summed E-state index contributed by atoms with van der Waals surface area (Å²) in [6.45, 7) is 6.75. The van der Waals surface area contributed by atoms with Gasteiger partial charge >= 0.3 is 0 Å². The maximum atomic E-state index is 5.98. The molecule has 96 valence electrons. The summed E-state index contributed by atoms with van der Waals surface area (Å²) < 4.78 is 0. The lowest BCUT2D eigenvalue weighted by Crippen LogP contribution is -2.16. The van der Waals surface area contributed by atoms with E-state index in [0.717, 1.165) is 22.4 Å². The highest BCUT2D eigenvalue weighted by Crippen LogP contribution is 2.25. The van der Waals surface area contributed by atoms with Gasteiger partial charge in [0, 0.05) is 16.8 Å². The minimum atomic E-state index is -1.31. The zero-order valence-corrected chi connectivity index (χ0v) is 12.7. The van der Waals surface area contributed by atoms with Crippen LogP contribution in [0.5, 0.6) is 0 Å². The Morgan fingerprint density at radius 1 is 0.895 bits per heavy atom. The summed E-state index contributed by atoms with van der Waals surface area (Å²) in [7, 11) is -1.31. The Morgan fingerprint density at radius 3 is 2.11 bits per heavy atom. The number of hydrogen-bond donors (Lipinski definition) is 1. The zero-order valence-electron chi connectivity index (χ0n) is 11.7. The van der Waals surface area contributed by atoms with Crippen LogP contribution in [0.15, 0.2) is 48.5 Å². The number of benzene rings is 2. The van der Waals surface area contributed by atoms with E-state index in [2.05, 4.69) is 55.4 Å². The van der Waals surface area contributed by atoms with E-state index in [1.165, 1.54) is 0 Å². The molecule has 0 aliphatic heterocycles. The molecule has 0 saturated carbocycles. The van der Waals surface area contributed by atoms with Gasteiger partial charge in [0.15, 0.2) is 0 Å². The molecular formula is C17H19NSi. The molecule has 0 amide bonds. The van der Waals surface area contributed by atoms with Crippen LogP contribution in [0.3, 0.4) is 0 Å². The van der Waals surface area contributed by atoms with Crippen LogP contribution in [0.25, 0.3) is 11.1 Å². The summed E-state index contributed by atoms with van der Waals surface area (Å²) in [4.78, 5) is 0. The molecule has 0 aromatic heterocycles. The number of nitrogens with two attached hydrogens (primary N) is 1. The van der Waals surface area contributed by atoms with Gasteiger partial charge in [0.25, 0.3) is 0 Å². The summed E-state index contributed by atoms with van der Waals surface area (Å²) in [6, 6.07) is 16.2. The second kappa shape index (κ2) is 5.34. The summed E-state index contributed by atoms with van der Waals surface area (Å²) >= 11 is 0. The van der Waals surface area contributed by atoms with Crippen molar-refractivity contribution in [2.75, 3.05) is 5.73 Å². The van der Waals surface area contributed by atoms with Gasteiger partial charge in [-0.15, -0.1) is 5.54 Å². The highest BCUT2D eigenvalue weighted by atomic mass is 28.3. The Balaban J connectivity index is 2.29. The van der Waals surface area contributed by atoms with Crippen molar-refractivity contribution in [2.24, 2.45) is 0 Å². The maximum Gasteiger partial charge on any atom is 0.129 e. The molecule has 1 nitrogen and oxygen atoms in total. The second-order valence-electron chi connectivity index (χ2n) is 5.66. The van der Waals surface area contributed by atoms with E-state index in [-0.39, 0.29) is 0 Å². The van der Waals surface area contributed by atoms with Crippen molar-refractivity contribution >= 4 is 13.8 Å². The molecule has 0 spiro atoms. The van der Waals surface area contributed by atoms with Crippen LogP contribution in [0.4, 0.5) is 5.69 Å². The Labute approximate surface area is 116 Å². The molecule has 0 saturated heterocycles. The van der Waals surface area contributed by atoms with Crippen molar-refractivity contribution in [3.63, 3.8) is 0 Å². The minimum absolute atomic E-state index is 0.809. The van der Waals surface area contributed by atoms with Crippen LogP contribution < -0.4 is 5.73 Å². The van der Waals surface area contributed by atoms with E-state index in [9.17, 15) is 0 Å². The molecule has 0 radical (unpaired) electrons. The van der Waals surface area contributed by atoms with Gasteiger partial charge in [-0.25, -0.2) is 0 Å². The topological polar surface area (TPSA) is 26.0 Å². The fourth-order valence-electron chi connectivity index (χ4n) is 1.75. The van der Waals surface area contributed by atoms with Crippen molar-refractivity contribution in [1.82, 2.24) is 0 Å². The third kappa shape index (κ3) is 3.74. The molecule has 0 bridgehead atoms. The average molecular weight is 265 g/mol. The third-order valence-corrected chi connectivity index (χ3v) is 3.61. The van der Waals surface area contributed by atoms with Gasteiger partial charge in [0.1, 0.15) is 8.07 Å². The molecular weight excluding hydrogens is 246 g/mol. The molecule has 2 N–H and O–H groups in total. The lowest BCUT2D eigenvalue weighted by atomic mass is 10.0. The molecule has 0 aliphatic rings. The van der Waals surface area contributed by atoms with E-state index in [0.29, 0.717) is 0 Å². The van der Waals surface area contributed by atoms with Gasteiger partial charge in [-0.3, -0.25) is 0 Å². The first-order valence-corrected chi connectivity index (χ1v) is 9.94. The number of hydrogen-bond acceptors (Lipinski definition) is 1. The zero-order chi connectivity index (χ0) is 13.9. The first-order chi connectivity index (χ1) is 8.96. The van der Waals surface area contributed by atoms with Crippen molar-refractivity contribution in [1.29, 1.82) is 0 Å². The fraction of sp³-hybridized carbons (Fsp3) is 0.176. The fourth-order valence-corrected chi connectivity index (χ4v) is 2.27.